The summed E-state index contributed by atoms with van der Waals surface area (Å²) in [5.74, 6) is 1.05. The highest BCUT2D eigenvalue weighted by molar-refractivity contribution is 9.10. The lowest BCUT2D eigenvalue weighted by Crippen LogP contribution is -2.10. The van der Waals surface area contributed by atoms with E-state index in [0.717, 1.165) is 48.6 Å². The Morgan fingerprint density at radius 3 is 3.05 bits per heavy atom. The molecule has 20 heavy (non-hydrogen) atoms. The summed E-state index contributed by atoms with van der Waals surface area (Å²) in [5, 5.41) is 0. The highest BCUT2D eigenvalue weighted by Gasteiger charge is 2.21. The number of hydrogen-bond acceptors (Lipinski definition) is 2. The number of rotatable bonds is 1. The molecule has 0 spiro atoms. The van der Waals surface area contributed by atoms with Crippen molar-refractivity contribution in [2.45, 2.75) is 38.6 Å². The summed E-state index contributed by atoms with van der Waals surface area (Å²) in [6.07, 6.45) is 5.86. The van der Waals surface area contributed by atoms with Crippen LogP contribution >= 0.6 is 15.9 Å². The molecule has 0 saturated carbocycles. The van der Waals surface area contributed by atoms with Gasteiger partial charge in [-0.05, 0) is 71.8 Å². The van der Waals surface area contributed by atoms with Gasteiger partial charge in [0.2, 0.25) is 0 Å². The zero-order valence-corrected chi connectivity index (χ0v) is 12.9. The second-order valence-corrected chi connectivity index (χ2v) is 6.27. The van der Waals surface area contributed by atoms with Crippen LogP contribution in [0.15, 0.2) is 22.9 Å². The first-order chi connectivity index (χ1) is 9.83. The number of ether oxygens (including phenoxy) is 1. The number of benzene rings is 1. The van der Waals surface area contributed by atoms with Gasteiger partial charge >= 0.3 is 0 Å². The van der Waals surface area contributed by atoms with Crippen LogP contribution in [-0.2, 0) is 19.4 Å². The Morgan fingerprint density at radius 1 is 1.15 bits per heavy atom. The Hall–Kier alpha value is -1.29. The summed E-state index contributed by atoms with van der Waals surface area (Å²) in [7, 11) is 0. The molecule has 2 aliphatic heterocycles. The van der Waals surface area contributed by atoms with Gasteiger partial charge in [0.1, 0.15) is 5.75 Å². The van der Waals surface area contributed by atoms with Crippen LogP contribution in [-0.4, -0.2) is 16.2 Å². The van der Waals surface area contributed by atoms with Crippen molar-refractivity contribution in [3.63, 3.8) is 0 Å². The third kappa shape index (κ3) is 1.97. The molecular formula is C16H17BrN2O. The molecule has 0 saturated heterocycles. The number of halogens is 1. The van der Waals surface area contributed by atoms with Crippen LogP contribution in [0.5, 0.6) is 5.75 Å². The predicted octanol–water partition coefficient (Wildman–Crippen LogP) is 3.97. The monoisotopic (exact) mass is 332 g/mol. The predicted molar refractivity (Wildman–Crippen MR) is 82.1 cm³/mol. The second kappa shape index (κ2) is 4.92. The zero-order chi connectivity index (χ0) is 13.5. The summed E-state index contributed by atoms with van der Waals surface area (Å²) in [5.41, 5.74) is 5.07. The van der Waals surface area contributed by atoms with Gasteiger partial charge in [-0.2, -0.15) is 0 Å². The van der Waals surface area contributed by atoms with Crippen molar-refractivity contribution in [2.75, 3.05) is 6.61 Å². The number of imidazole rings is 1. The molecule has 4 heteroatoms. The van der Waals surface area contributed by atoms with Crippen LogP contribution < -0.4 is 4.74 Å². The van der Waals surface area contributed by atoms with Crippen LogP contribution in [0.1, 0.15) is 30.5 Å². The lowest BCUT2D eigenvalue weighted by molar-refractivity contribution is 0.288. The molecule has 3 heterocycles. The van der Waals surface area contributed by atoms with Gasteiger partial charge in [-0.25, -0.2) is 4.98 Å². The van der Waals surface area contributed by atoms with E-state index >= 15 is 0 Å². The van der Waals surface area contributed by atoms with E-state index in [1.165, 1.54) is 29.7 Å². The van der Waals surface area contributed by atoms with Gasteiger partial charge in [0.15, 0.2) is 4.73 Å². The molecule has 0 amide bonds. The molecule has 1 aromatic heterocycles. The average Bonchev–Trinajstić information content (AvgIpc) is 2.85. The third-order valence-electron chi connectivity index (χ3n) is 4.25. The fraction of sp³-hybridized carbons (Fsp3) is 0.438. The fourth-order valence-electron chi connectivity index (χ4n) is 3.24. The second-order valence-electron chi connectivity index (χ2n) is 5.56. The number of hydrogen-bond donors (Lipinski definition) is 0. The number of fused-ring (bicyclic) bond motifs is 2. The van der Waals surface area contributed by atoms with Gasteiger partial charge in [-0.3, -0.25) is 0 Å². The van der Waals surface area contributed by atoms with Crippen LogP contribution in [0, 0.1) is 0 Å². The van der Waals surface area contributed by atoms with Crippen LogP contribution in [0.3, 0.4) is 0 Å². The lowest BCUT2D eigenvalue weighted by atomic mass is 9.99. The van der Waals surface area contributed by atoms with Gasteiger partial charge in [0, 0.05) is 17.8 Å². The van der Waals surface area contributed by atoms with Gasteiger partial charge in [-0.1, -0.05) is 0 Å². The van der Waals surface area contributed by atoms with E-state index in [4.69, 9.17) is 9.72 Å². The molecule has 0 unspecified atom stereocenters. The van der Waals surface area contributed by atoms with Gasteiger partial charge in [0.25, 0.3) is 0 Å². The van der Waals surface area contributed by atoms with Crippen molar-refractivity contribution in [3.8, 4) is 17.0 Å². The Morgan fingerprint density at radius 2 is 2.10 bits per heavy atom. The van der Waals surface area contributed by atoms with Crippen LogP contribution in [0.4, 0.5) is 0 Å². The molecule has 2 aromatic rings. The van der Waals surface area contributed by atoms with E-state index in [-0.39, 0.29) is 0 Å². The normalized spacial score (nSPS) is 17.2. The molecule has 4 rings (SSSR count). The van der Waals surface area contributed by atoms with E-state index in [0.29, 0.717) is 0 Å². The molecule has 0 aliphatic carbocycles. The van der Waals surface area contributed by atoms with Gasteiger partial charge < -0.3 is 9.30 Å². The maximum Gasteiger partial charge on any atom is 0.177 e. The fourth-order valence-corrected chi connectivity index (χ4v) is 3.81. The minimum Gasteiger partial charge on any atom is -0.493 e. The van der Waals surface area contributed by atoms with Crippen molar-refractivity contribution < 1.29 is 4.74 Å². The van der Waals surface area contributed by atoms with E-state index < -0.39 is 0 Å². The molecule has 0 radical (unpaired) electrons. The summed E-state index contributed by atoms with van der Waals surface area (Å²) in [6, 6.07) is 6.51. The Bertz CT molecular complexity index is 663. The van der Waals surface area contributed by atoms with E-state index in [9.17, 15) is 0 Å². The van der Waals surface area contributed by atoms with Crippen LogP contribution in [0.2, 0.25) is 0 Å². The highest BCUT2D eigenvalue weighted by Crippen LogP contribution is 2.34. The molecule has 1 aromatic carbocycles. The first-order valence-corrected chi connectivity index (χ1v) is 8.13. The SMILES string of the molecule is Brc1nc(-c2ccc3c(c2)CCCO3)c2n1CCCC2. The Kier molecular flexibility index (Phi) is 3.06. The Labute approximate surface area is 127 Å². The highest BCUT2D eigenvalue weighted by atomic mass is 79.9. The van der Waals surface area contributed by atoms with Crippen molar-refractivity contribution in [1.29, 1.82) is 0 Å². The molecule has 2 aliphatic rings. The summed E-state index contributed by atoms with van der Waals surface area (Å²) < 4.78 is 8.98. The smallest absolute Gasteiger partial charge is 0.177 e. The van der Waals surface area contributed by atoms with Crippen molar-refractivity contribution in [1.82, 2.24) is 9.55 Å². The molecular weight excluding hydrogens is 316 g/mol. The minimum absolute atomic E-state index is 0.845. The molecule has 0 atom stereocenters. The number of aryl methyl sites for hydroxylation is 1. The Balaban J connectivity index is 1.81. The van der Waals surface area contributed by atoms with Crippen molar-refractivity contribution >= 4 is 15.9 Å². The largest absolute Gasteiger partial charge is 0.493 e. The number of aromatic nitrogens is 2. The van der Waals surface area contributed by atoms with Crippen molar-refractivity contribution in [3.05, 3.63) is 34.2 Å². The average molecular weight is 333 g/mol. The van der Waals surface area contributed by atoms with Gasteiger partial charge in [-0.15, -0.1) is 0 Å². The minimum atomic E-state index is 0.845. The summed E-state index contributed by atoms with van der Waals surface area (Å²) >= 11 is 3.60. The van der Waals surface area contributed by atoms with E-state index in [1.807, 2.05) is 0 Å². The maximum absolute atomic E-state index is 5.70. The molecule has 3 nitrogen and oxygen atoms in total. The topological polar surface area (TPSA) is 27.1 Å². The summed E-state index contributed by atoms with van der Waals surface area (Å²) in [6.45, 7) is 1.93. The third-order valence-corrected chi connectivity index (χ3v) is 4.86. The lowest BCUT2D eigenvalue weighted by Gasteiger charge is -2.19. The zero-order valence-electron chi connectivity index (χ0n) is 11.4. The van der Waals surface area contributed by atoms with Crippen LogP contribution in [0.25, 0.3) is 11.3 Å². The molecule has 0 fully saturated rings. The van der Waals surface area contributed by atoms with E-state index in [2.05, 4.69) is 38.7 Å². The quantitative estimate of drug-likeness (QED) is 0.789. The summed E-state index contributed by atoms with van der Waals surface area (Å²) in [4.78, 5) is 4.75. The van der Waals surface area contributed by atoms with E-state index in [1.54, 1.807) is 0 Å². The van der Waals surface area contributed by atoms with Crippen molar-refractivity contribution in [2.24, 2.45) is 0 Å². The molecule has 0 N–H and O–H groups in total. The van der Waals surface area contributed by atoms with Gasteiger partial charge in [0.05, 0.1) is 12.3 Å². The first kappa shape index (κ1) is 12.5. The maximum atomic E-state index is 5.70. The standard InChI is InChI=1S/C16H17BrN2O/c17-16-18-15(13-5-1-2-8-19(13)16)12-6-7-14-11(10-12)4-3-9-20-14/h6-7,10H,1-5,8-9H2. The first-order valence-electron chi connectivity index (χ1n) is 7.34. The molecule has 0 bridgehead atoms. The molecule has 104 valence electrons. The number of nitrogens with zero attached hydrogens (tertiary/aromatic N) is 2.